The Labute approximate surface area is 163 Å². The Morgan fingerprint density at radius 3 is 2.85 bits per heavy atom. The number of para-hydroxylation sites is 1. The van der Waals surface area contributed by atoms with E-state index in [0.29, 0.717) is 18.2 Å². The number of piperidine rings is 1. The van der Waals surface area contributed by atoms with Crippen molar-refractivity contribution in [1.29, 1.82) is 5.26 Å². The van der Waals surface area contributed by atoms with Crippen molar-refractivity contribution in [3.8, 4) is 6.07 Å². The molecule has 27 heavy (non-hydrogen) atoms. The normalized spacial score (nSPS) is 21.4. The maximum atomic E-state index is 12.9. The Morgan fingerprint density at radius 2 is 2.15 bits per heavy atom. The number of likely N-dealkylation sites (tertiary alicyclic amines) is 1. The van der Waals surface area contributed by atoms with Gasteiger partial charge in [0.2, 0.25) is 0 Å². The number of nitrogens with zero attached hydrogens (tertiary/aromatic N) is 3. The van der Waals surface area contributed by atoms with Gasteiger partial charge in [-0.3, -0.25) is 14.5 Å². The predicted molar refractivity (Wildman–Crippen MR) is 104 cm³/mol. The highest BCUT2D eigenvalue weighted by Gasteiger charge is 2.31. The number of ketones is 1. The molecule has 0 aromatic heterocycles. The zero-order valence-corrected chi connectivity index (χ0v) is 16.4. The van der Waals surface area contributed by atoms with Crippen LogP contribution < -0.4 is 4.90 Å². The fourth-order valence-electron chi connectivity index (χ4n) is 3.48. The summed E-state index contributed by atoms with van der Waals surface area (Å²) < 4.78 is 5.11. The minimum Gasteiger partial charge on any atom is -0.466 e. The van der Waals surface area contributed by atoms with Gasteiger partial charge < -0.3 is 9.64 Å². The number of carbonyl (C=O) groups excluding carboxylic acids is 2. The van der Waals surface area contributed by atoms with Gasteiger partial charge in [0.25, 0.3) is 0 Å². The standard InChI is InChI=1S/C20H23N3O3S/c1-3-26-20(25)14-7-6-10-23(12-14)13-17(24)15(11-21)19-22(2)16-8-4-5-9-18(16)27-19/h4-5,8-9,14H,3,6-7,10,12-13H2,1-2H3/b19-15-/t14-/m0/s1. The van der Waals surface area contributed by atoms with Gasteiger partial charge in [-0.05, 0) is 38.4 Å². The molecule has 0 bridgehead atoms. The quantitative estimate of drug-likeness (QED) is 0.438. The second-order valence-electron chi connectivity index (χ2n) is 6.67. The third-order valence-corrected chi connectivity index (χ3v) is 6.07. The molecule has 1 fully saturated rings. The van der Waals surface area contributed by atoms with Crippen molar-refractivity contribution in [3.05, 3.63) is 34.9 Å². The number of hydrogen-bond acceptors (Lipinski definition) is 7. The molecule has 2 aliphatic heterocycles. The van der Waals surface area contributed by atoms with Crippen LogP contribution in [0.25, 0.3) is 0 Å². The van der Waals surface area contributed by atoms with E-state index in [9.17, 15) is 14.9 Å². The smallest absolute Gasteiger partial charge is 0.310 e. The van der Waals surface area contributed by atoms with Crippen LogP contribution in [0.4, 0.5) is 5.69 Å². The minimum absolute atomic E-state index is 0.146. The van der Waals surface area contributed by atoms with Crippen LogP contribution >= 0.6 is 11.8 Å². The van der Waals surface area contributed by atoms with Gasteiger partial charge >= 0.3 is 5.97 Å². The average molecular weight is 385 g/mol. The minimum atomic E-state index is -0.204. The van der Waals surface area contributed by atoms with E-state index in [4.69, 9.17) is 4.74 Å². The van der Waals surface area contributed by atoms with Gasteiger partial charge in [-0.15, -0.1) is 0 Å². The van der Waals surface area contributed by atoms with E-state index in [1.807, 2.05) is 41.1 Å². The summed E-state index contributed by atoms with van der Waals surface area (Å²) in [6.45, 7) is 3.55. The first-order valence-corrected chi connectivity index (χ1v) is 9.94. The summed E-state index contributed by atoms with van der Waals surface area (Å²) in [5.41, 5.74) is 1.18. The van der Waals surface area contributed by atoms with Crippen molar-refractivity contribution in [2.45, 2.75) is 24.7 Å². The van der Waals surface area contributed by atoms with E-state index in [1.54, 1.807) is 6.92 Å². The molecule has 7 heteroatoms. The highest BCUT2D eigenvalue weighted by molar-refractivity contribution is 8.03. The lowest BCUT2D eigenvalue weighted by atomic mass is 9.97. The summed E-state index contributed by atoms with van der Waals surface area (Å²) in [6.07, 6.45) is 1.62. The lowest BCUT2D eigenvalue weighted by Crippen LogP contribution is -2.42. The molecule has 2 aliphatic rings. The molecule has 1 saturated heterocycles. The number of benzene rings is 1. The Bertz CT molecular complexity index is 815. The third kappa shape index (κ3) is 4.18. The second kappa shape index (κ2) is 8.59. The zero-order valence-electron chi connectivity index (χ0n) is 15.6. The van der Waals surface area contributed by atoms with Crippen molar-refractivity contribution in [1.82, 2.24) is 4.90 Å². The van der Waals surface area contributed by atoms with Crippen LogP contribution in [0.1, 0.15) is 19.8 Å². The van der Waals surface area contributed by atoms with Gasteiger partial charge in [-0.1, -0.05) is 23.9 Å². The molecule has 1 atom stereocenters. The number of anilines is 1. The van der Waals surface area contributed by atoms with Crippen LogP contribution in [0.15, 0.2) is 39.8 Å². The molecule has 1 aromatic carbocycles. The molecule has 0 unspecified atom stereocenters. The molecular formula is C20H23N3O3S. The molecule has 0 spiro atoms. The van der Waals surface area contributed by atoms with Crippen LogP contribution in [0.5, 0.6) is 0 Å². The Hall–Kier alpha value is -2.30. The van der Waals surface area contributed by atoms with Crippen LogP contribution in [0.2, 0.25) is 0 Å². The number of hydrogen-bond donors (Lipinski definition) is 0. The number of Topliss-reactive ketones (excluding diaryl/α,β-unsaturated/α-hetero) is 1. The predicted octanol–water partition coefficient (Wildman–Crippen LogP) is 2.81. The number of ether oxygens (including phenoxy) is 1. The number of carbonyl (C=O) groups is 2. The first kappa shape index (κ1) is 19.5. The Morgan fingerprint density at radius 1 is 1.37 bits per heavy atom. The first-order valence-electron chi connectivity index (χ1n) is 9.12. The van der Waals surface area contributed by atoms with E-state index >= 15 is 0 Å². The molecule has 6 nitrogen and oxygen atoms in total. The van der Waals surface area contributed by atoms with E-state index in [1.165, 1.54) is 11.8 Å². The SMILES string of the molecule is CCOC(=O)[C@H]1CCCN(CC(=O)/C(C#N)=C2\Sc3ccccc3N2C)C1. The van der Waals surface area contributed by atoms with Gasteiger partial charge in [-0.2, -0.15) is 5.26 Å². The molecule has 1 aromatic rings. The van der Waals surface area contributed by atoms with Crippen molar-refractivity contribution >= 4 is 29.2 Å². The molecule has 0 saturated carbocycles. The summed E-state index contributed by atoms with van der Waals surface area (Å²) >= 11 is 1.45. The van der Waals surface area contributed by atoms with Gasteiger partial charge in [-0.25, -0.2) is 0 Å². The van der Waals surface area contributed by atoms with E-state index < -0.39 is 0 Å². The van der Waals surface area contributed by atoms with Crippen LogP contribution in [0.3, 0.4) is 0 Å². The summed E-state index contributed by atoms with van der Waals surface area (Å²) in [5.74, 6) is -0.600. The number of fused-ring (bicyclic) bond motifs is 1. The Kier molecular flexibility index (Phi) is 6.19. The summed E-state index contributed by atoms with van der Waals surface area (Å²) in [6, 6.07) is 9.95. The fraction of sp³-hybridized carbons (Fsp3) is 0.450. The number of nitriles is 1. The number of rotatable bonds is 5. The third-order valence-electron chi connectivity index (χ3n) is 4.84. The molecule has 0 aliphatic carbocycles. The second-order valence-corrected chi connectivity index (χ2v) is 7.70. The van der Waals surface area contributed by atoms with Crippen LogP contribution in [-0.2, 0) is 14.3 Å². The van der Waals surface area contributed by atoms with Gasteiger partial charge in [0.15, 0.2) is 5.78 Å². The summed E-state index contributed by atoms with van der Waals surface area (Å²) in [4.78, 5) is 29.7. The lowest BCUT2D eigenvalue weighted by Gasteiger charge is -2.30. The summed E-state index contributed by atoms with van der Waals surface area (Å²) in [5, 5.41) is 10.3. The van der Waals surface area contributed by atoms with Crippen molar-refractivity contribution in [2.24, 2.45) is 5.92 Å². The topological polar surface area (TPSA) is 73.6 Å². The number of thioether (sulfide) groups is 1. The molecule has 142 valence electrons. The van der Waals surface area contributed by atoms with E-state index in [0.717, 1.165) is 30.0 Å². The van der Waals surface area contributed by atoms with E-state index in [2.05, 4.69) is 6.07 Å². The van der Waals surface area contributed by atoms with Crippen LogP contribution in [-0.4, -0.2) is 49.9 Å². The zero-order chi connectivity index (χ0) is 19.4. The van der Waals surface area contributed by atoms with Gasteiger partial charge in [0.1, 0.15) is 16.7 Å². The monoisotopic (exact) mass is 385 g/mol. The van der Waals surface area contributed by atoms with Crippen LogP contribution in [0, 0.1) is 17.2 Å². The molecular weight excluding hydrogens is 362 g/mol. The lowest BCUT2D eigenvalue weighted by molar-refractivity contribution is -0.150. The maximum Gasteiger partial charge on any atom is 0.310 e. The first-order chi connectivity index (χ1) is 13.0. The largest absolute Gasteiger partial charge is 0.466 e. The molecule has 0 amide bonds. The van der Waals surface area contributed by atoms with Gasteiger partial charge in [0.05, 0.1) is 24.8 Å². The Balaban J connectivity index is 1.71. The van der Waals surface area contributed by atoms with Crippen molar-refractivity contribution in [3.63, 3.8) is 0 Å². The van der Waals surface area contributed by atoms with Crippen molar-refractivity contribution < 1.29 is 14.3 Å². The highest BCUT2D eigenvalue weighted by Crippen LogP contribution is 2.46. The number of esters is 1. The molecule has 2 heterocycles. The molecule has 0 N–H and O–H groups in total. The average Bonchev–Trinajstić information content (AvgIpc) is 3.00. The van der Waals surface area contributed by atoms with E-state index in [-0.39, 0.29) is 29.8 Å². The molecule has 3 rings (SSSR count). The fourth-order valence-corrected chi connectivity index (χ4v) is 4.65. The highest BCUT2D eigenvalue weighted by atomic mass is 32.2. The van der Waals surface area contributed by atoms with Gasteiger partial charge in [0, 0.05) is 18.5 Å². The maximum absolute atomic E-state index is 12.9. The summed E-state index contributed by atoms with van der Waals surface area (Å²) in [7, 11) is 1.87. The molecule has 0 radical (unpaired) electrons. The van der Waals surface area contributed by atoms with Crippen molar-refractivity contribution in [2.75, 3.05) is 38.2 Å².